The Kier molecular flexibility index (Phi) is 3.35. The van der Waals surface area contributed by atoms with Gasteiger partial charge in [0.05, 0.1) is 10.6 Å². The van der Waals surface area contributed by atoms with E-state index in [1.807, 2.05) is 66.0 Å². The summed E-state index contributed by atoms with van der Waals surface area (Å²) in [5.41, 5.74) is 9.12. The van der Waals surface area contributed by atoms with Crippen molar-refractivity contribution < 1.29 is 4.79 Å². The summed E-state index contributed by atoms with van der Waals surface area (Å²) in [6.45, 7) is 0. The minimum Gasteiger partial charge on any atom is -0.398 e. The number of anilines is 1. The highest BCUT2D eigenvalue weighted by Gasteiger charge is 2.09. The first-order chi connectivity index (χ1) is 9.75. The number of rotatable bonds is 3. The topological polar surface area (TPSA) is 43.1 Å². The molecule has 0 aliphatic carbocycles. The second-order valence-corrected chi connectivity index (χ2v) is 5.39. The molecule has 2 aromatic carbocycles. The lowest BCUT2D eigenvalue weighted by Gasteiger charge is -2.03. The average Bonchev–Trinajstić information content (AvgIpc) is 2.94. The number of carbonyl (C=O) groups is 1. The van der Waals surface area contributed by atoms with Crippen molar-refractivity contribution in [2.24, 2.45) is 0 Å². The molecule has 3 aromatic rings. The maximum atomic E-state index is 12.3. The molecule has 0 saturated heterocycles. The smallest absolute Gasteiger partial charge is 0.193 e. The van der Waals surface area contributed by atoms with E-state index in [9.17, 15) is 4.79 Å². The van der Waals surface area contributed by atoms with E-state index in [4.69, 9.17) is 5.73 Å². The minimum absolute atomic E-state index is 0.0382. The molecule has 0 aliphatic rings. The lowest BCUT2D eigenvalue weighted by atomic mass is 10.0. The molecule has 0 fully saturated rings. The molecule has 2 nitrogen and oxygen atoms in total. The summed E-state index contributed by atoms with van der Waals surface area (Å²) in [4.78, 5) is 13.3. The fraction of sp³-hybridized carbons (Fsp3) is 0. The molecule has 0 amide bonds. The van der Waals surface area contributed by atoms with Gasteiger partial charge in [-0.25, -0.2) is 0 Å². The average molecular weight is 279 g/mol. The lowest BCUT2D eigenvalue weighted by Crippen LogP contribution is -2.00. The van der Waals surface area contributed by atoms with Crippen molar-refractivity contribution in [3.63, 3.8) is 0 Å². The van der Waals surface area contributed by atoms with E-state index in [-0.39, 0.29) is 5.78 Å². The van der Waals surface area contributed by atoms with Gasteiger partial charge in [0, 0.05) is 11.1 Å². The number of thiophene rings is 1. The van der Waals surface area contributed by atoms with Crippen LogP contribution in [0.25, 0.3) is 10.4 Å². The fourth-order valence-electron chi connectivity index (χ4n) is 2.08. The number of hydrogen-bond donors (Lipinski definition) is 1. The van der Waals surface area contributed by atoms with Gasteiger partial charge in [0.2, 0.25) is 0 Å². The molecule has 0 radical (unpaired) electrons. The van der Waals surface area contributed by atoms with E-state index >= 15 is 0 Å². The third-order valence-electron chi connectivity index (χ3n) is 3.14. The monoisotopic (exact) mass is 279 g/mol. The van der Waals surface area contributed by atoms with Crippen molar-refractivity contribution in [2.45, 2.75) is 0 Å². The number of nitrogens with two attached hydrogens (primary N) is 1. The van der Waals surface area contributed by atoms with Crippen LogP contribution in [-0.2, 0) is 0 Å². The van der Waals surface area contributed by atoms with Gasteiger partial charge in [-0.2, -0.15) is 0 Å². The van der Waals surface area contributed by atoms with Gasteiger partial charge in [-0.05, 0) is 17.0 Å². The lowest BCUT2D eigenvalue weighted by molar-refractivity contribution is 0.103. The van der Waals surface area contributed by atoms with Crippen LogP contribution in [0.4, 0.5) is 5.69 Å². The zero-order chi connectivity index (χ0) is 13.9. The summed E-state index contributed by atoms with van der Waals surface area (Å²) in [5.74, 6) is 0.0382. The fourth-order valence-corrected chi connectivity index (χ4v) is 2.91. The van der Waals surface area contributed by atoms with E-state index in [0.717, 1.165) is 16.1 Å². The number of hydrogen-bond acceptors (Lipinski definition) is 3. The highest BCUT2D eigenvalue weighted by atomic mass is 32.1. The van der Waals surface area contributed by atoms with Crippen molar-refractivity contribution in [3.05, 3.63) is 77.2 Å². The maximum absolute atomic E-state index is 12.3. The second-order valence-electron chi connectivity index (χ2n) is 4.48. The van der Waals surface area contributed by atoms with Crippen molar-refractivity contribution >= 4 is 22.8 Å². The van der Waals surface area contributed by atoms with Gasteiger partial charge in [0.25, 0.3) is 0 Å². The molecular formula is C17H13NOS. The van der Waals surface area contributed by atoms with Gasteiger partial charge in [-0.3, -0.25) is 4.79 Å². The molecule has 0 unspecified atom stereocenters. The molecule has 0 spiro atoms. The van der Waals surface area contributed by atoms with E-state index in [2.05, 4.69) is 0 Å². The Hall–Kier alpha value is -2.39. The number of ketones is 1. The van der Waals surface area contributed by atoms with Crippen molar-refractivity contribution in [3.8, 4) is 10.4 Å². The normalized spacial score (nSPS) is 10.4. The van der Waals surface area contributed by atoms with Crippen LogP contribution in [0.15, 0.2) is 66.0 Å². The van der Waals surface area contributed by atoms with Crippen LogP contribution in [0.5, 0.6) is 0 Å². The molecule has 20 heavy (non-hydrogen) atoms. The van der Waals surface area contributed by atoms with Gasteiger partial charge in [-0.1, -0.05) is 54.6 Å². The Morgan fingerprint density at radius 3 is 2.10 bits per heavy atom. The van der Waals surface area contributed by atoms with E-state index in [0.29, 0.717) is 11.1 Å². The standard InChI is InChI=1S/C17H13NOS/c18-15-10-11-20-17(15)14-8-6-13(7-9-14)16(19)12-4-2-1-3-5-12/h1-11H,18H2. The van der Waals surface area contributed by atoms with E-state index < -0.39 is 0 Å². The van der Waals surface area contributed by atoms with Crippen LogP contribution in [0, 0.1) is 0 Å². The highest BCUT2D eigenvalue weighted by molar-refractivity contribution is 7.14. The third kappa shape index (κ3) is 2.36. The Balaban J connectivity index is 1.91. The first kappa shape index (κ1) is 12.6. The number of nitrogen functional groups attached to an aromatic ring is 1. The molecule has 1 aromatic heterocycles. The molecule has 2 N–H and O–H groups in total. The Morgan fingerprint density at radius 1 is 0.850 bits per heavy atom. The summed E-state index contributed by atoms with van der Waals surface area (Å²) in [6, 6.07) is 18.8. The predicted octanol–water partition coefficient (Wildman–Crippen LogP) is 4.23. The van der Waals surface area contributed by atoms with Crippen molar-refractivity contribution in [1.29, 1.82) is 0 Å². The Bertz CT molecular complexity index is 729. The number of carbonyl (C=O) groups excluding carboxylic acids is 1. The summed E-state index contributed by atoms with van der Waals surface area (Å²) < 4.78 is 0. The molecule has 3 heteroatoms. The Labute approximate surface area is 121 Å². The van der Waals surface area contributed by atoms with Gasteiger partial charge >= 0.3 is 0 Å². The van der Waals surface area contributed by atoms with Crippen molar-refractivity contribution in [2.75, 3.05) is 5.73 Å². The Morgan fingerprint density at radius 2 is 1.50 bits per heavy atom. The summed E-state index contributed by atoms with van der Waals surface area (Å²) in [5, 5.41) is 1.97. The van der Waals surface area contributed by atoms with Crippen LogP contribution in [0.1, 0.15) is 15.9 Å². The van der Waals surface area contributed by atoms with Gasteiger partial charge in [-0.15, -0.1) is 11.3 Å². The molecular weight excluding hydrogens is 266 g/mol. The second kappa shape index (κ2) is 5.31. The molecule has 3 rings (SSSR count). The van der Waals surface area contributed by atoms with Crippen LogP contribution in [0.3, 0.4) is 0 Å². The van der Waals surface area contributed by atoms with E-state index in [1.54, 1.807) is 11.3 Å². The predicted molar refractivity (Wildman–Crippen MR) is 84.0 cm³/mol. The zero-order valence-corrected chi connectivity index (χ0v) is 11.6. The van der Waals surface area contributed by atoms with Crippen molar-refractivity contribution in [1.82, 2.24) is 0 Å². The van der Waals surface area contributed by atoms with Gasteiger partial charge in [0.15, 0.2) is 5.78 Å². The first-order valence-corrected chi connectivity index (χ1v) is 7.17. The minimum atomic E-state index is 0.0382. The maximum Gasteiger partial charge on any atom is 0.193 e. The molecule has 0 bridgehead atoms. The molecule has 1 heterocycles. The molecule has 0 saturated carbocycles. The SMILES string of the molecule is Nc1ccsc1-c1ccc(C(=O)c2ccccc2)cc1. The third-order valence-corrected chi connectivity index (χ3v) is 4.12. The summed E-state index contributed by atoms with van der Waals surface area (Å²) >= 11 is 1.60. The van der Waals surface area contributed by atoms with Crippen LogP contribution < -0.4 is 5.73 Å². The van der Waals surface area contributed by atoms with E-state index in [1.165, 1.54) is 0 Å². The van der Waals surface area contributed by atoms with Crippen LogP contribution >= 0.6 is 11.3 Å². The quantitative estimate of drug-likeness (QED) is 0.729. The van der Waals surface area contributed by atoms with Crippen LogP contribution in [0.2, 0.25) is 0 Å². The molecule has 0 atom stereocenters. The largest absolute Gasteiger partial charge is 0.398 e. The summed E-state index contributed by atoms with van der Waals surface area (Å²) in [6.07, 6.45) is 0. The van der Waals surface area contributed by atoms with Gasteiger partial charge < -0.3 is 5.73 Å². The number of benzene rings is 2. The summed E-state index contributed by atoms with van der Waals surface area (Å²) in [7, 11) is 0. The van der Waals surface area contributed by atoms with Crippen LogP contribution in [-0.4, -0.2) is 5.78 Å². The first-order valence-electron chi connectivity index (χ1n) is 6.29. The molecule has 0 aliphatic heterocycles. The zero-order valence-electron chi connectivity index (χ0n) is 10.7. The van der Waals surface area contributed by atoms with Gasteiger partial charge in [0.1, 0.15) is 0 Å². The highest BCUT2D eigenvalue weighted by Crippen LogP contribution is 2.31. The molecule has 98 valence electrons.